The van der Waals surface area contributed by atoms with Crippen molar-refractivity contribution >= 4 is 18.0 Å². The molecule has 6 heteroatoms. The maximum absolute atomic E-state index is 9.72. The molecule has 0 fully saturated rings. The molecule has 0 amide bonds. The Balaban J connectivity index is 2.90. The van der Waals surface area contributed by atoms with Gasteiger partial charge in [0.15, 0.2) is 0 Å². The van der Waals surface area contributed by atoms with Gasteiger partial charge in [0.25, 0.3) is 5.95 Å². The highest BCUT2D eigenvalue weighted by Gasteiger charge is 2.04. The number of anilines is 1. The Labute approximate surface area is 62.5 Å². The van der Waals surface area contributed by atoms with Crippen molar-refractivity contribution in [3.05, 3.63) is 0 Å². The smallest absolute Gasteiger partial charge is 0.344 e. The summed E-state index contributed by atoms with van der Waals surface area (Å²) in [7, 11) is 3.50. The van der Waals surface area contributed by atoms with Gasteiger partial charge in [0.2, 0.25) is 6.08 Å². The Bertz CT molecular complexity index is 286. The van der Waals surface area contributed by atoms with E-state index in [9.17, 15) is 4.79 Å². The zero-order valence-electron chi connectivity index (χ0n) is 6.11. The summed E-state index contributed by atoms with van der Waals surface area (Å²) >= 11 is 0. The molecular formula is C5H6N4O2. The van der Waals surface area contributed by atoms with E-state index in [2.05, 4.69) is 19.7 Å². The summed E-state index contributed by atoms with van der Waals surface area (Å²) in [6.07, 6.45) is 1.30. The number of nitrogens with zero attached hydrogens (tertiary/aromatic N) is 4. The lowest BCUT2D eigenvalue weighted by Gasteiger charge is -2.01. The highest BCUT2D eigenvalue weighted by molar-refractivity contribution is 5.41. The number of carbonyl (C=O) groups excluding carboxylic acids is 1. The predicted molar refractivity (Wildman–Crippen MR) is 36.4 cm³/mol. The van der Waals surface area contributed by atoms with Gasteiger partial charge in [0.1, 0.15) is 0 Å². The fourth-order valence-electron chi connectivity index (χ4n) is 0.474. The molecule has 1 heterocycles. The molecule has 58 valence electrons. The monoisotopic (exact) mass is 154 g/mol. The lowest BCUT2D eigenvalue weighted by Crippen LogP contribution is -2.09. The third kappa shape index (κ3) is 1.62. The van der Waals surface area contributed by atoms with E-state index in [1.54, 1.807) is 19.0 Å². The molecule has 0 atom stereocenters. The van der Waals surface area contributed by atoms with E-state index in [1.807, 2.05) is 0 Å². The van der Waals surface area contributed by atoms with Crippen LogP contribution in [0, 0.1) is 0 Å². The topological polar surface area (TPSA) is 71.6 Å². The molecule has 0 aliphatic carbocycles. The van der Waals surface area contributed by atoms with Crippen molar-refractivity contribution < 1.29 is 9.32 Å². The molecule has 0 saturated heterocycles. The van der Waals surface area contributed by atoms with Gasteiger partial charge in [0.05, 0.1) is 0 Å². The molecule has 0 aliphatic heterocycles. The van der Waals surface area contributed by atoms with Crippen LogP contribution in [-0.4, -0.2) is 30.3 Å². The zero-order chi connectivity index (χ0) is 8.27. The molecule has 0 saturated carbocycles. The second-order valence-electron chi connectivity index (χ2n) is 1.97. The largest absolute Gasteiger partial charge is 0.360 e. The molecule has 1 rings (SSSR count). The Morgan fingerprint density at radius 1 is 1.64 bits per heavy atom. The van der Waals surface area contributed by atoms with Crippen molar-refractivity contribution in [2.24, 2.45) is 4.99 Å². The van der Waals surface area contributed by atoms with E-state index >= 15 is 0 Å². The van der Waals surface area contributed by atoms with Crippen molar-refractivity contribution in [2.75, 3.05) is 19.0 Å². The van der Waals surface area contributed by atoms with Crippen LogP contribution in [0.25, 0.3) is 0 Å². The van der Waals surface area contributed by atoms with E-state index in [0.717, 1.165) is 0 Å². The molecular weight excluding hydrogens is 148 g/mol. The summed E-state index contributed by atoms with van der Waals surface area (Å²) in [6.45, 7) is 0. The summed E-state index contributed by atoms with van der Waals surface area (Å²) in [4.78, 5) is 18.2. The number of hydrogen-bond donors (Lipinski definition) is 0. The number of aliphatic imine (C=N–C) groups is 1. The third-order valence-corrected chi connectivity index (χ3v) is 0.946. The van der Waals surface area contributed by atoms with Gasteiger partial charge in [-0.1, -0.05) is 0 Å². The first-order valence-electron chi connectivity index (χ1n) is 2.83. The Morgan fingerprint density at radius 2 is 2.36 bits per heavy atom. The first kappa shape index (κ1) is 7.43. The molecule has 11 heavy (non-hydrogen) atoms. The lowest BCUT2D eigenvalue weighted by atomic mass is 10.8. The number of rotatable bonds is 2. The lowest BCUT2D eigenvalue weighted by molar-refractivity contribution is 0.428. The van der Waals surface area contributed by atoms with Crippen molar-refractivity contribution in [3.63, 3.8) is 0 Å². The molecule has 0 unspecified atom stereocenters. The Kier molecular flexibility index (Phi) is 1.98. The summed E-state index contributed by atoms with van der Waals surface area (Å²) in [5, 5.41) is 3.50. The Morgan fingerprint density at radius 3 is 2.82 bits per heavy atom. The van der Waals surface area contributed by atoms with Crippen LogP contribution in [0.3, 0.4) is 0 Å². The van der Waals surface area contributed by atoms with Gasteiger partial charge in [-0.15, -0.1) is 4.99 Å². The van der Waals surface area contributed by atoms with Gasteiger partial charge >= 0.3 is 6.01 Å². The van der Waals surface area contributed by atoms with Gasteiger partial charge < -0.3 is 9.42 Å². The minimum atomic E-state index is -0.0799. The average molecular weight is 154 g/mol. The molecule has 0 aliphatic rings. The quantitative estimate of drug-likeness (QED) is 0.446. The third-order valence-electron chi connectivity index (χ3n) is 0.946. The minimum absolute atomic E-state index is 0.0799. The molecule has 6 nitrogen and oxygen atoms in total. The zero-order valence-corrected chi connectivity index (χ0v) is 6.11. The Hall–Kier alpha value is -1.68. The molecule has 0 radical (unpaired) electrons. The molecule has 1 aromatic heterocycles. The molecule has 0 bridgehead atoms. The van der Waals surface area contributed by atoms with Crippen molar-refractivity contribution in [2.45, 2.75) is 0 Å². The number of hydrogen-bond acceptors (Lipinski definition) is 6. The fourth-order valence-corrected chi connectivity index (χ4v) is 0.474. The van der Waals surface area contributed by atoms with Crippen LogP contribution in [0.5, 0.6) is 0 Å². The van der Waals surface area contributed by atoms with E-state index in [1.165, 1.54) is 6.08 Å². The van der Waals surface area contributed by atoms with Crippen LogP contribution < -0.4 is 4.90 Å². The molecule has 0 aromatic carbocycles. The van der Waals surface area contributed by atoms with Gasteiger partial charge in [-0.05, 0) is 5.16 Å². The second-order valence-corrected chi connectivity index (χ2v) is 1.97. The summed E-state index contributed by atoms with van der Waals surface area (Å²) in [5.41, 5.74) is 0. The highest BCUT2D eigenvalue weighted by atomic mass is 16.5. The minimum Gasteiger partial charge on any atom is -0.344 e. The predicted octanol–water partition coefficient (Wildman–Crippen LogP) is 0.103. The first-order valence-corrected chi connectivity index (χ1v) is 2.83. The van der Waals surface area contributed by atoms with Crippen LogP contribution in [0.4, 0.5) is 12.0 Å². The number of isocyanates is 1. The summed E-state index contributed by atoms with van der Waals surface area (Å²) < 4.78 is 4.53. The average Bonchev–Trinajstić information content (AvgIpc) is 2.37. The van der Waals surface area contributed by atoms with Gasteiger partial charge in [0, 0.05) is 14.1 Å². The number of aromatic nitrogens is 2. The van der Waals surface area contributed by atoms with Crippen molar-refractivity contribution in [3.8, 4) is 0 Å². The van der Waals surface area contributed by atoms with Crippen LogP contribution in [0.15, 0.2) is 9.52 Å². The van der Waals surface area contributed by atoms with Gasteiger partial charge in [-0.3, -0.25) is 0 Å². The van der Waals surface area contributed by atoms with Gasteiger partial charge in [-0.2, -0.15) is 4.98 Å². The van der Waals surface area contributed by atoms with E-state index < -0.39 is 0 Å². The van der Waals surface area contributed by atoms with Crippen LogP contribution in [0.2, 0.25) is 0 Å². The molecule has 0 N–H and O–H groups in total. The van der Waals surface area contributed by atoms with E-state index in [4.69, 9.17) is 0 Å². The highest BCUT2D eigenvalue weighted by Crippen LogP contribution is 2.11. The maximum atomic E-state index is 9.72. The maximum Gasteiger partial charge on any atom is 0.360 e. The summed E-state index contributed by atoms with van der Waals surface area (Å²) in [5.74, 6) is 0.374. The van der Waals surface area contributed by atoms with E-state index in [0.29, 0.717) is 5.95 Å². The second kappa shape index (κ2) is 2.94. The van der Waals surface area contributed by atoms with Crippen LogP contribution in [-0.2, 0) is 4.79 Å². The SMILES string of the molecule is CN(C)c1noc(N=C=O)n1. The van der Waals surface area contributed by atoms with Gasteiger partial charge in [-0.25, -0.2) is 4.79 Å². The van der Waals surface area contributed by atoms with Crippen LogP contribution in [0.1, 0.15) is 0 Å². The molecule has 1 aromatic rings. The van der Waals surface area contributed by atoms with E-state index in [-0.39, 0.29) is 6.01 Å². The standard InChI is InChI=1S/C5H6N4O2/c1-9(2)4-7-5(6-3-10)11-8-4/h1-2H3. The normalized spacial score (nSPS) is 8.91. The first-order chi connectivity index (χ1) is 5.24. The van der Waals surface area contributed by atoms with Crippen molar-refractivity contribution in [1.82, 2.24) is 10.1 Å². The van der Waals surface area contributed by atoms with Crippen LogP contribution >= 0.6 is 0 Å². The summed E-state index contributed by atoms with van der Waals surface area (Å²) in [6, 6.07) is -0.0799. The fraction of sp³-hybridized carbons (Fsp3) is 0.400. The van der Waals surface area contributed by atoms with Crippen molar-refractivity contribution in [1.29, 1.82) is 0 Å². The molecule has 0 spiro atoms.